The van der Waals surface area contributed by atoms with Gasteiger partial charge in [-0.05, 0) is 43.0 Å². The van der Waals surface area contributed by atoms with Gasteiger partial charge in [-0.25, -0.2) is 0 Å². The van der Waals surface area contributed by atoms with Gasteiger partial charge in [-0.15, -0.1) is 0 Å². The van der Waals surface area contributed by atoms with Crippen molar-refractivity contribution in [2.75, 3.05) is 20.8 Å². The number of ether oxygens (including phenoxy) is 2. The van der Waals surface area contributed by atoms with Crippen molar-refractivity contribution in [3.8, 4) is 11.5 Å². The summed E-state index contributed by atoms with van der Waals surface area (Å²) in [6, 6.07) is 6.91. The predicted molar refractivity (Wildman–Crippen MR) is 97.7 cm³/mol. The van der Waals surface area contributed by atoms with E-state index >= 15 is 0 Å². The molecule has 1 aromatic carbocycles. The molecular weight excluding hydrogens is 332 g/mol. The van der Waals surface area contributed by atoms with Gasteiger partial charge in [-0.1, -0.05) is 12.1 Å². The molecule has 1 aromatic heterocycles. The van der Waals surface area contributed by atoms with Gasteiger partial charge >= 0.3 is 5.97 Å². The average molecular weight is 356 g/mol. The summed E-state index contributed by atoms with van der Waals surface area (Å²) in [5, 5.41) is 9.71. The summed E-state index contributed by atoms with van der Waals surface area (Å²) in [5.74, 6) is 0.473. The fourth-order valence-electron chi connectivity index (χ4n) is 3.81. The number of hydrogen-bond acceptors (Lipinski definition) is 5. The molecule has 1 aliphatic heterocycles. The normalized spacial score (nSPS) is 18.5. The first-order chi connectivity index (χ1) is 12.6. The van der Waals surface area contributed by atoms with Gasteiger partial charge < -0.3 is 14.6 Å². The van der Waals surface area contributed by atoms with Crippen molar-refractivity contribution in [2.45, 2.75) is 31.8 Å². The van der Waals surface area contributed by atoms with Gasteiger partial charge in [0.05, 0.1) is 20.3 Å². The highest BCUT2D eigenvalue weighted by Gasteiger charge is 2.38. The first-order valence-electron chi connectivity index (χ1n) is 8.68. The molecule has 3 rings (SSSR count). The molecule has 6 heteroatoms. The van der Waals surface area contributed by atoms with Gasteiger partial charge in [0, 0.05) is 24.5 Å². The van der Waals surface area contributed by atoms with E-state index in [2.05, 4.69) is 4.98 Å². The van der Waals surface area contributed by atoms with Crippen LogP contribution in [-0.2, 0) is 4.79 Å². The molecule has 2 atom stereocenters. The fourth-order valence-corrected chi connectivity index (χ4v) is 3.81. The van der Waals surface area contributed by atoms with Crippen molar-refractivity contribution in [1.29, 1.82) is 0 Å². The van der Waals surface area contributed by atoms with Crippen LogP contribution in [0, 0.1) is 6.92 Å². The summed E-state index contributed by atoms with van der Waals surface area (Å²) in [6.07, 6.45) is 5.04. The van der Waals surface area contributed by atoms with Crippen LogP contribution in [0.4, 0.5) is 0 Å². The number of carboxylic acids is 1. The number of methoxy groups -OCH3 is 2. The number of carbonyl (C=O) groups is 1. The Balaban J connectivity index is 2.20. The molecule has 0 saturated carbocycles. The molecule has 0 bridgehead atoms. The molecule has 2 heterocycles. The number of likely N-dealkylation sites (tertiary alicyclic amines) is 1. The van der Waals surface area contributed by atoms with Crippen LogP contribution >= 0.6 is 0 Å². The fraction of sp³-hybridized carbons (Fsp3) is 0.400. The Morgan fingerprint density at radius 3 is 2.73 bits per heavy atom. The smallest absolute Gasteiger partial charge is 0.320 e. The van der Waals surface area contributed by atoms with Crippen molar-refractivity contribution in [2.24, 2.45) is 0 Å². The van der Waals surface area contributed by atoms with E-state index in [-0.39, 0.29) is 6.04 Å². The van der Waals surface area contributed by atoms with Crippen molar-refractivity contribution < 1.29 is 19.4 Å². The summed E-state index contributed by atoms with van der Waals surface area (Å²) in [6.45, 7) is 2.71. The lowest BCUT2D eigenvalue weighted by molar-refractivity contribution is -0.142. The number of rotatable bonds is 6. The van der Waals surface area contributed by atoms with Gasteiger partial charge in [0.15, 0.2) is 11.5 Å². The molecule has 1 N–H and O–H groups in total. The second-order valence-corrected chi connectivity index (χ2v) is 6.45. The molecule has 26 heavy (non-hydrogen) atoms. The zero-order chi connectivity index (χ0) is 18.7. The average Bonchev–Trinajstić information content (AvgIpc) is 3.13. The van der Waals surface area contributed by atoms with Crippen LogP contribution in [0.25, 0.3) is 0 Å². The Morgan fingerprint density at radius 1 is 1.27 bits per heavy atom. The van der Waals surface area contributed by atoms with Gasteiger partial charge in [0.1, 0.15) is 6.04 Å². The standard InChI is InChI=1S/C20H24N2O4/c1-13-12-21-10-9-14(13)18(22-11-5-7-16(22)20(23)24)15-6-4-8-17(25-2)19(15)26-3/h4,6,8-10,12,16,18H,5,7,11H2,1-3H3,(H,23,24). The Kier molecular flexibility index (Phi) is 5.42. The maximum absolute atomic E-state index is 11.8. The van der Waals surface area contributed by atoms with Crippen LogP contribution in [-0.4, -0.2) is 47.8 Å². The number of pyridine rings is 1. The third-order valence-corrected chi connectivity index (χ3v) is 5.00. The highest BCUT2D eigenvalue weighted by Crippen LogP contribution is 2.43. The molecule has 0 aliphatic carbocycles. The van der Waals surface area contributed by atoms with E-state index in [1.165, 1.54) is 0 Å². The molecule has 6 nitrogen and oxygen atoms in total. The van der Waals surface area contributed by atoms with E-state index < -0.39 is 12.0 Å². The first-order valence-corrected chi connectivity index (χ1v) is 8.68. The number of para-hydroxylation sites is 1. The maximum atomic E-state index is 11.8. The van der Waals surface area contributed by atoms with E-state index in [0.29, 0.717) is 24.5 Å². The van der Waals surface area contributed by atoms with Crippen LogP contribution in [0.2, 0.25) is 0 Å². The van der Waals surface area contributed by atoms with Crippen molar-refractivity contribution in [3.63, 3.8) is 0 Å². The molecule has 1 aliphatic rings. The minimum atomic E-state index is -0.791. The predicted octanol–water partition coefficient (Wildman–Crippen LogP) is 3.05. The van der Waals surface area contributed by atoms with Crippen LogP contribution in [0.1, 0.15) is 35.6 Å². The molecule has 0 amide bonds. The minimum Gasteiger partial charge on any atom is -0.493 e. The van der Waals surface area contributed by atoms with Crippen LogP contribution in [0.3, 0.4) is 0 Å². The summed E-state index contributed by atoms with van der Waals surface area (Å²) >= 11 is 0. The topological polar surface area (TPSA) is 71.9 Å². The summed E-state index contributed by atoms with van der Waals surface area (Å²) in [7, 11) is 3.21. The Hall–Kier alpha value is -2.60. The molecule has 2 aromatic rings. The Bertz CT molecular complexity index is 793. The van der Waals surface area contributed by atoms with E-state index in [9.17, 15) is 9.90 Å². The maximum Gasteiger partial charge on any atom is 0.320 e. The monoisotopic (exact) mass is 356 g/mol. The number of aryl methyl sites for hydroxylation is 1. The van der Waals surface area contributed by atoms with Crippen molar-refractivity contribution >= 4 is 5.97 Å². The Labute approximate surface area is 153 Å². The highest BCUT2D eigenvalue weighted by molar-refractivity contribution is 5.74. The third kappa shape index (κ3) is 3.24. The lowest BCUT2D eigenvalue weighted by Crippen LogP contribution is -2.39. The highest BCUT2D eigenvalue weighted by atomic mass is 16.5. The van der Waals surface area contributed by atoms with Crippen LogP contribution in [0.5, 0.6) is 11.5 Å². The largest absolute Gasteiger partial charge is 0.493 e. The summed E-state index contributed by atoms with van der Waals surface area (Å²) in [5.41, 5.74) is 2.94. The van der Waals surface area contributed by atoms with E-state index in [4.69, 9.17) is 9.47 Å². The molecule has 138 valence electrons. The van der Waals surface area contributed by atoms with E-state index in [1.807, 2.05) is 36.1 Å². The lowest BCUT2D eigenvalue weighted by Gasteiger charge is -2.33. The third-order valence-electron chi connectivity index (χ3n) is 5.00. The number of benzene rings is 1. The van der Waals surface area contributed by atoms with Crippen molar-refractivity contribution in [1.82, 2.24) is 9.88 Å². The van der Waals surface area contributed by atoms with Crippen LogP contribution < -0.4 is 9.47 Å². The molecule has 1 fully saturated rings. The summed E-state index contributed by atoms with van der Waals surface area (Å²) in [4.78, 5) is 18.1. The minimum absolute atomic E-state index is 0.244. The molecule has 0 radical (unpaired) electrons. The SMILES string of the molecule is COc1cccc(C(c2ccncc2C)N2CCCC2C(=O)O)c1OC. The Morgan fingerprint density at radius 2 is 2.08 bits per heavy atom. The van der Waals surface area contributed by atoms with Crippen molar-refractivity contribution in [3.05, 3.63) is 53.3 Å². The zero-order valence-corrected chi connectivity index (χ0v) is 15.3. The van der Waals surface area contributed by atoms with E-state index in [1.54, 1.807) is 26.6 Å². The number of nitrogens with zero attached hydrogens (tertiary/aromatic N) is 2. The van der Waals surface area contributed by atoms with Gasteiger partial charge in [-0.2, -0.15) is 0 Å². The number of aliphatic carboxylic acids is 1. The quantitative estimate of drug-likeness (QED) is 0.858. The zero-order valence-electron chi connectivity index (χ0n) is 15.3. The van der Waals surface area contributed by atoms with E-state index in [0.717, 1.165) is 23.1 Å². The second-order valence-electron chi connectivity index (χ2n) is 6.45. The molecule has 1 saturated heterocycles. The number of hydrogen-bond donors (Lipinski definition) is 1. The number of carboxylic acid groups (broad SMARTS) is 1. The second kappa shape index (κ2) is 7.74. The van der Waals surface area contributed by atoms with Crippen LogP contribution in [0.15, 0.2) is 36.7 Å². The number of aromatic nitrogens is 1. The van der Waals surface area contributed by atoms with Gasteiger partial charge in [0.2, 0.25) is 0 Å². The first kappa shape index (κ1) is 18.2. The molecule has 0 spiro atoms. The lowest BCUT2D eigenvalue weighted by atomic mass is 9.93. The molecular formula is C20H24N2O4. The van der Waals surface area contributed by atoms with Gasteiger partial charge in [0.25, 0.3) is 0 Å². The summed E-state index contributed by atoms with van der Waals surface area (Å²) < 4.78 is 11.1. The van der Waals surface area contributed by atoms with Gasteiger partial charge in [-0.3, -0.25) is 14.7 Å². The molecule has 2 unspecified atom stereocenters.